The van der Waals surface area contributed by atoms with Gasteiger partial charge in [0.05, 0.1) is 27.9 Å². The van der Waals surface area contributed by atoms with Gasteiger partial charge in [-0.3, -0.25) is 19.8 Å². The minimum absolute atomic E-state index is 0.0554. The molecule has 0 aliphatic rings. The summed E-state index contributed by atoms with van der Waals surface area (Å²) in [5.41, 5.74) is 6.21. The number of pyridine rings is 4. The first-order chi connectivity index (χ1) is 18.9. The summed E-state index contributed by atoms with van der Waals surface area (Å²) in [6, 6.07) is 28.8. The quantitative estimate of drug-likeness (QED) is 0.191. The Morgan fingerprint density at radius 3 is 1.90 bits per heavy atom. The van der Waals surface area contributed by atoms with E-state index in [4.69, 9.17) is 14.5 Å². The van der Waals surface area contributed by atoms with Crippen molar-refractivity contribution in [3.63, 3.8) is 0 Å². The second-order valence-corrected chi connectivity index (χ2v) is 10.3. The maximum atomic E-state index is 11.5. The summed E-state index contributed by atoms with van der Waals surface area (Å²) in [4.78, 5) is 37.6. The van der Waals surface area contributed by atoms with Crippen LogP contribution in [0.4, 0.5) is 0 Å². The number of benzene rings is 3. The molecule has 7 aromatic rings. The smallest absolute Gasteiger partial charge is 0.404 e. The predicted molar refractivity (Wildman–Crippen MR) is 151 cm³/mol. The van der Waals surface area contributed by atoms with Gasteiger partial charge < -0.3 is 4.52 Å². The standard InChI is InChI=1S/C30H19N4O4P/c35-39(36,37)38-26-17-22-11-13-25(34-29(22)30-23(26)7-3-15-32-30)21-5-1-4-20(16-21)24-12-10-19-9-8-18-6-2-14-31-27(18)28(19)33-24/h1-17H,(H2,35,36,37). The molecule has 0 radical (unpaired) electrons. The van der Waals surface area contributed by atoms with Gasteiger partial charge in [-0.25, -0.2) is 14.5 Å². The lowest BCUT2D eigenvalue weighted by atomic mass is 10.0. The highest BCUT2D eigenvalue weighted by molar-refractivity contribution is 7.46. The Balaban J connectivity index is 1.35. The van der Waals surface area contributed by atoms with Gasteiger partial charge in [-0.2, -0.15) is 0 Å². The third kappa shape index (κ3) is 4.27. The number of rotatable bonds is 4. The fourth-order valence-corrected chi connectivity index (χ4v) is 5.28. The molecular formula is C30H19N4O4P. The molecule has 0 saturated carbocycles. The zero-order chi connectivity index (χ0) is 26.6. The number of hydrogen-bond donors (Lipinski definition) is 2. The molecule has 3 aromatic carbocycles. The molecule has 8 nitrogen and oxygen atoms in total. The number of phosphoric acid groups is 1. The van der Waals surface area contributed by atoms with Crippen molar-refractivity contribution >= 4 is 51.4 Å². The summed E-state index contributed by atoms with van der Waals surface area (Å²) in [5.74, 6) is 0.0554. The second kappa shape index (κ2) is 8.92. The van der Waals surface area contributed by atoms with Gasteiger partial charge in [0.15, 0.2) is 0 Å². The van der Waals surface area contributed by atoms with Crippen LogP contribution in [0.25, 0.3) is 66.1 Å². The summed E-state index contributed by atoms with van der Waals surface area (Å²) >= 11 is 0. The minimum Gasteiger partial charge on any atom is -0.404 e. The SMILES string of the molecule is O=P(O)(O)Oc1cc2ccc(-c3cccc(-c4ccc5ccc6cccnc6c5n4)c3)nc2c2ncccc12. The van der Waals surface area contributed by atoms with Crippen molar-refractivity contribution < 1.29 is 18.9 Å². The highest BCUT2D eigenvalue weighted by Gasteiger charge is 2.20. The molecule has 9 heteroatoms. The predicted octanol–water partition coefficient (Wildman–Crippen LogP) is 6.68. The molecule has 7 rings (SSSR count). The zero-order valence-electron chi connectivity index (χ0n) is 20.3. The molecule has 0 saturated heterocycles. The van der Waals surface area contributed by atoms with Gasteiger partial charge in [-0.1, -0.05) is 48.5 Å². The van der Waals surface area contributed by atoms with Gasteiger partial charge in [-0.05, 0) is 42.5 Å². The summed E-state index contributed by atoms with van der Waals surface area (Å²) in [6.45, 7) is 0. The van der Waals surface area contributed by atoms with Gasteiger partial charge in [0.25, 0.3) is 0 Å². The van der Waals surface area contributed by atoms with Crippen molar-refractivity contribution in [2.45, 2.75) is 0 Å². The zero-order valence-corrected chi connectivity index (χ0v) is 21.2. The number of hydrogen-bond acceptors (Lipinski definition) is 6. The molecule has 0 spiro atoms. The molecule has 2 N–H and O–H groups in total. The van der Waals surface area contributed by atoms with Crippen LogP contribution in [0.1, 0.15) is 0 Å². The number of fused-ring (bicyclic) bond motifs is 6. The van der Waals surface area contributed by atoms with E-state index < -0.39 is 7.82 Å². The van der Waals surface area contributed by atoms with Crippen LogP contribution in [0.15, 0.2) is 103 Å². The molecule has 0 aliphatic carbocycles. The van der Waals surface area contributed by atoms with E-state index in [1.165, 1.54) is 0 Å². The highest BCUT2D eigenvalue weighted by Crippen LogP contribution is 2.42. The van der Waals surface area contributed by atoms with E-state index in [0.717, 1.165) is 44.3 Å². The van der Waals surface area contributed by atoms with Crippen LogP contribution in [-0.4, -0.2) is 29.7 Å². The fourth-order valence-electron chi connectivity index (χ4n) is 4.87. The molecule has 0 fully saturated rings. The molecular weight excluding hydrogens is 511 g/mol. The van der Waals surface area contributed by atoms with Gasteiger partial charge in [-0.15, -0.1) is 0 Å². The van der Waals surface area contributed by atoms with Crippen LogP contribution in [0.5, 0.6) is 5.75 Å². The van der Waals surface area contributed by atoms with Crippen molar-refractivity contribution in [2.75, 3.05) is 0 Å². The number of nitrogens with zero attached hydrogens (tertiary/aromatic N) is 4. The molecule has 4 aromatic heterocycles. The molecule has 0 atom stereocenters. The van der Waals surface area contributed by atoms with Crippen molar-refractivity contribution in [3.8, 4) is 28.3 Å². The largest absolute Gasteiger partial charge is 0.524 e. The van der Waals surface area contributed by atoms with E-state index in [2.05, 4.69) is 28.2 Å². The van der Waals surface area contributed by atoms with Crippen LogP contribution in [0.3, 0.4) is 0 Å². The highest BCUT2D eigenvalue weighted by atomic mass is 31.2. The van der Waals surface area contributed by atoms with Crippen LogP contribution in [0, 0.1) is 0 Å². The second-order valence-electron chi connectivity index (χ2n) is 9.11. The van der Waals surface area contributed by atoms with E-state index in [-0.39, 0.29) is 5.75 Å². The Bertz CT molecular complexity index is 2130. The Hall–Kier alpha value is -4.75. The molecule has 0 bridgehead atoms. The van der Waals surface area contributed by atoms with E-state index in [9.17, 15) is 14.4 Å². The van der Waals surface area contributed by atoms with E-state index in [1.54, 1.807) is 30.6 Å². The fraction of sp³-hybridized carbons (Fsp3) is 0. The number of phosphoric ester groups is 1. The average Bonchev–Trinajstić information content (AvgIpc) is 2.96. The molecule has 4 heterocycles. The summed E-state index contributed by atoms with van der Waals surface area (Å²) < 4.78 is 16.5. The Morgan fingerprint density at radius 1 is 0.590 bits per heavy atom. The Morgan fingerprint density at radius 2 is 1.18 bits per heavy atom. The minimum atomic E-state index is -4.75. The normalized spacial score (nSPS) is 11.9. The first-order valence-corrected chi connectivity index (χ1v) is 13.6. The molecule has 188 valence electrons. The van der Waals surface area contributed by atoms with Crippen LogP contribution >= 0.6 is 7.82 Å². The molecule has 0 aliphatic heterocycles. The van der Waals surface area contributed by atoms with E-state index in [1.807, 2.05) is 54.6 Å². The van der Waals surface area contributed by atoms with Crippen LogP contribution < -0.4 is 4.52 Å². The lowest BCUT2D eigenvalue weighted by Gasteiger charge is -2.12. The summed E-state index contributed by atoms with van der Waals surface area (Å²) in [7, 11) is -4.75. The van der Waals surface area contributed by atoms with Crippen LogP contribution in [-0.2, 0) is 4.57 Å². The van der Waals surface area contributed by atoms with Gasteiger partial charge >= 0.3 is 7.82 Å². The molecule has 39 heavy (non-hydrogen) atoms. The summed E-state index contributed by atoms with van der Waals surface area (Å²) in [5, 5.41) is 3.19. The maximum Gasteiger partial charge on any atom is 0.524 e. The Labute approximate surface area is 221 Å². The van der Waals surface area contributed by atoms with Gasteiger partial charge in [0, 0.05) is 45.1 Å². The van der Waals surface area contributed by atoms with Crippen molar-refractivity contribution in [2.24, 2.45) is 0 Å². The lowest BCUT2D eigenvalue weighted by molar-refractivity contribution is 0.284. The Kier molecular flexibility index (Phi) is 5.35. The van der Waals surface area contributed by atoms with Gasteiger partial charge in [0.1, 0.15) is 11.3 Å². The molecule has 0 unspecified atom stereocenters. The third-order valence-electron chi connectivity index (χ3n) is 6.61. The molecule has 0 amide bonds. The third-order valence-corrected chi connectivity index (χ3v) is 7.05. The number of aromatic nitrogens is 4. The lowest BCUT2D eigenvalue weighted by Crippen LogP contribution is -1.95. The maximum absolute atomic E-state index is 11.5. The van der Waals surface area contributed by atoms with E-state index in [0.29, 0.717) is 21.8 Å². The average molecular weight is 530 g/mol. The van der Waals surface area contributed by atoms with Crippen molar-refractivity contribution in [1.29, 1.82) is 0 Å². The van der Waals surface area contributed by atoms with Crippen LogP contribution in [0.2, 0.25) is 0 Å². The first-order valence-electron chi connectivity index (χ1n) is 12.1. The van der Waals surface area contributed by atoms with Crippen molar-refractivity contribution in [1.82, 2.24) is 19.9 Å². The first kappa shape index (κ1) is 23.4. The summed E-state index contributed by atoms with van der Waals surface area (Å²) in [6.07, 6.45) is 3.39. The monoisotopic (exact) mass is 530 g/mol. The van der Waals surface area contributed by atoms with Gasteiger partial charge in [0.2, 0.25) is 0 Å². The topological polar surface area (TPSA) is 118 Å². The van der Waals surface area contributed by atoms with Crippen molar-refractivity contribution in [3.05, 3.63) is 103 Å². The van der Waals surface area contributed by atoms with E-state index >= 15 is 0 Å².